The SMILES string of the molecule is Cc1cn[nH]c1C1CCN(C(=O)c2cccc3cccnc23)C1. The summed E-state index contributed by atoms with van der Waals surface area (Å²) in [5.41, 5.74) is 3.78. The standard InChI is InChI=1S/C18H18N4O/c1-12-10-20-21-16(12)14-7-9-22(11-14)18(23)15-6-2-4-13-5-3-8-19-17(13)15/h2-6,8,10,14H,7,9,11H2,1H3,(H,20,21). The van der Waals surface area contributed by atoms with Gasteiger partial charge in [-0.1, -0.05) is 18.2 Å². The first-order chi connectivity index (χ1) is 11.2. The minimum Gasteiger partial charge on any atom is -0.338 e. The number of carbonyl (C=O) groups excluding carboxylic acids is 1. The number of fused-ring (bicyclic) bond motifs is 1. The summed E-state index contributed by atoms with van der Waals surface area (Å²) in [6.45, 7) is 3.55. The maximum absolute atomic E-state index is 12.9. The van der Waals surface area contributed by atoms with Crippen molar-refractivity contribution in [2.24, 2.45) is 0 Å². The van der Waals surface area contributed by atoms with Crippen LogP contribution in [-0.4, -0.2) is 39.1 Å². The number of aromatic nitrogens is 3. The molecule has 1 aromatic carbocycles. The van der Waals surface area contributed by atoms with Crippen molar-refractivity contribution < 1.29 is 4.79 Å². The van der Waals surface area contributed by atoms with Crippen LogP contribution in [0.5, 0.6) is 0 Å². The molecule has 1 fully saturated rings. The summed E-state index contributed by atoms with van der Waals surface area (Å²) in [4.78, 5) is 19.2. The van der Waals surface area contributed by atoms with E-state index >= 15 is 0 Å². The maximum atomic E-state index is 12.9. The van der Waals surface area contributed by atoms with Crippen LogP contribution in [0.2, 0.25) is 0 Å². The molecule has 3 aromatic rings. The quantitative estimate of drug-likeness (QED) is 0.792. The summed E-state index contributed by atoms with van der Waals surface area (Å²) in [7, 11) is 0. The molecule has 3 heterocycles. The van der Waals surface area contributed by atoms with E-state index in [4.69, 9.17) is 0 Å². The number of benzene rings is 1. The molecule has 0 spiro atoms. The summed E-state index contributed by atoms with van der Waals surface area (Å²) < 4.78 is 0. The summed E-state index contributed by atoms with van der Waals surface area (Å²) in [5, 5.41) is 8.17. The highest BCUT2D eigenvalue weighted by atomic mass is 16.2. The summed E-state index contributed by atoms with van der Waals surface area (Å²) in [6, 6.07) is 9.65. The molecule has 1 aliphatic rings. The van der Waals surface area contributed by atoms with E-state index in [2.05, 4.69) is 22.1 Å². The van der Waals surface area contributed by atoms with Crippen LogP contribution >= 0.6 is 0 Å². The van der Waals surface area contributed by atoms with Crippen molar-refractivity contribution in [3.63, 3.8) is 0 Å². The van der Waals surface area contributed by atoms with Gasteiger partial charge in [-0.25, -0.2) is 0 Å². The number of carbonyl (C=O) groups is 1. The van der Waals surface area contributed by atoms with Crippen LogP contribution in [0.1, 0.15) is 34.0 Å². The van der Waals surface area contributed by atoms with E-state index in [0.29, 0.717) is 11.5 Å². The minimum absolute atomic E-state index is 0.0639. The Hall–Kier alpha value is -2.69. The number of nitrogens with one attached hydrogen (secondary N) is 1. The normalized spacial score (nSPS) is 17.8. The molecule has 0 saturated carbocycles. The molecule has 1 aliphatic heterocycles. The molecule has 1 saturated heterocycles. The van der Waals surface area contributed by atoms with Crippen LogP contribution < -0.4 is 0 Å². The molecule has 2 aromatic heterocycles. The first-order valence-electron chi connectivity index (χ1n) is 7.87. The number of hydrogen-bond acceptors (Lipinski definition) is 3. The van der Waals surface area contributed by atoms with E-state index in [0.717, 1.165) is 41.7 Å². The third-order valence-electron chi connectivity index (χ3n) is 4.61. The highest BCUT2D eigenvalue weighted by Crippen LogP contribution is 2.29. The molecule has 1 atom stereocenters. The van der Waals surface area contributed by atoms with Gasteiger partial charge in [0, 0.05) is 36.3 Å². The minimum atomic E-state index is 0.0639. The highest BCUT2D eigenvalue weighted by Gasteiger charge is 2.30. The van der Waals surface area contributed by atoms with Crippen molar-refractivity contribution in [3.05, 3.63) is 59.5 Å². The largest absolute Gasteiger partial charge is 0.338 e. The first-order valence-corrected chi connectivity index (χ1v) is 7.87. The second-order valence-corrected chi connectivity index (χ2v) is 6.08. The van der Waals surface area contributed by atoms with Gasteiger partial charge in [-0.15, -0.1) is 0 Å². The monoisotopic (exact) mass is 306 g/mol. The van der Waals surface area contributed by atoms with Gasteiger partial charge in [-0.2, -0.15) is 5.10 Å². The second kappa shape index (κ2) is 5.50. The Morgan fingerprint density at radius 3 is 3.00 bits per heavy atom. The number of hydrogen-bond donors (Lipinski definition) is 1. The van der Waals surface area contributed by atoms with Crippen molar-refractivity contribution in [1.82, 2.24) is 20.1 Å². The van der Waals surface area contributed by atoms with E-state index in [9.17, 15) is 4.79 Å². The van der Waals surface area contributed by atoms with Crippen molar-refractivity contribution in [1.29, 1.82) is 0 Å². The molecular weight excluding hydrogens is 288 g/mol. The van der Waals surface area contributed by atoms with Gasteiger partial charge < -0.3 is 4.90 Å². The fourth-order valence-electron chi connectivity index (χ4n) is 3.40. The van der Waals surface area contributed by atoms with Gasteiger partial charge in [0.05, 0.1) is 17.3 Å². The molecule has 0 radical (unpaired) electrons. The molecule has 4 rings (SSSR count). The first kappa shape index (κ1) is 13.9. The lowest BCUT2D eigenvalue weighted by Crippen LogP contribution is -2.28. The van der Waals surface area contributed by atoms with Gasteiger partial charge >= 0.3 is 0 Å². The number of amides is 1. The Morgan fingerprint density at radius 2 is 2.17 bits per heavy atom. The van der Waals surface area contributed by atoms with E-state index < -0.39 is 0 Å². The van der Waals surface area contributed by atoms with Crippen LogP contribution in [0.15, 0.2) is 42.7 Å². The van der Waals surface area contributed by atoms with Gasteiger partial charge in [0.25, 0.3) is 5.91 Å². The van der Waals surface area contributed by atoms with Crippen LogP contribution in [0.3, 0.4) is 0 Å². The Morgan fingerprint density at radius 1 is 1.30 bits per heavy atom. The molecule has 1 N–H and O–H groups in total. The second-order valence-electron chi connectivity index (χ2n) is 6.08. The third kappa shape index (κ3) is 2.38. The Labute approximate surface area is 134 Å². The van der Waals surface area contributed by atoms with Crippen molar-refractivity contribution >= 4 is 16.8 Å². The zero-order chi connectivity index (χ0) is 15.8. The van der Waals surface area contributed by atoms with E-state index in [1.165, 1.54) is 0 Å². The van der Waals surface area contributed by atoms with Gasteiger partial charge in [0.2, 0.25) is 0 Å². The number of H-pyrrole nitrogens is 1. The topological polar surface area (TPSA) is 61.9 Å². The lowest BCUT2D eigenvalue weighted by Gasteiger charge is -2.17. The molecule has 5 heteroatoms. The Bertz CT molecular complexity index is 865. The zero-order valence-electron chi connectivity index (χ0n) is 13.0. The van der Waals surface area contributed by atoms with E-state index in [-0.39, 0.29) is 5.91 Å². The fraction of sp³-hybridized carbons (Fsp3) is 0.278. The zero-order valence-corrected chi connectivity index (χ0v) is 13.0. The molecule has 5 nitrogen and oxygen atoms in total. The molecule has 1 unspecified atom stereocenters. The van der Waals surface area contributed by atoms with Crippen molar-refractivity contribution in [3.8, 4) is 0 Å². The van der Waals surface area contributed by atoms with Crippen LogP contribution in [-0.2, 0) is 0 Å². The number of aryl methyl sites for hydroxylation is 1. The van der Waals surface area contributed by atoms with Gasteiger partial charge in [-0.3, -0.25) is 14.9 Å². The van der Waals surface area contributed by atoms with Crippen LogP contribution in [0.4, 0.5) is 0 Å². The number of pyridine rings is 1. The lowest BCUT2D eigenvalue weighted by molar-refractivity contribution is 0.0792. The summed E-state index contributed by atoms with van der Waals surface area (Å²) in [6.07, 6.45) is 4.54. The number of aromatic amines is 1. The van der Waals surface area contributed by atoms with E-state index in [1.807, 2.05) is 41.4 Å². The summed E-state index contributed by atoms with van der Waals surface area (Å²) >= 11 is 0. The number of rotatable bonds is 2. The van der Waals surface area contributed by atoms with Crippen LogP contribution in [0.25, 0.3) is 10.9 Å². The highest BCUT2D eigenvalue weighted by molar-refractivity contribution is 6.05. The summed E-state index contributed by atoms with van der Waals surface area (Å²) in [5.74, 6) is 0.401. The third-order valence-corrected chi connectivity index (χ3v) is 4.61. The predicted octanol–water partition coefficient (Wildman–Crippen LogP) is 2.90. The molecular formula is C18H18N4O. The smallest absolute Gasteiger partial charge is 0.256 e. The Balaban J connectivity index is 1.61. The van der Waals surface area contributed by atoms with Crippen LogP contribution in [0, 0.1) is 6.92 Å². The van der Waals surface area contributed by atoms with Gasteiger partial charge in [0.1, 0.15) is 0 Å². The number of likely N-dealkylation sites (tertiary alicyclic amines) is 1. The predicted molar refractivity (Wildman–Crippen MR) is 88.3 cm³/mol. The maximum Gasteiger partial charge on any atom is 0.256 e. The van der Waals surface area contributed by atoms with E-state index in [1.54, 1.807) is 6.20 Å². The van der Waals surface area contributed by atoms with Crippen molar-refractivity contribution in [2.75, 3.05) is 13.1 Å². The number of para-hydroxylation sites is 1. The molecule has 0 bridgehead atoms. The average molecular weight is 306 g/mol. The fourth-order valence-corrected chi connectivity index (χ4v) is 3.40. The van der Waals surface area contributed by atoms with Crippen molar-refractivity contribution in [2.45, 2.75) is 19.3 Å². The van der Waals surface area contributed by atoms with Gasteiger partial charge in [0.15, 0.2) is 0 Å². The number of nitrogens with zero attached hydrogens (tertiary/aromatic N) is 3. The molecule has 0 aliphatic carbocycles. The lowest BCUT2D eigenvalue weighted by atomic mass is 10.0. The Kier molecular flexibility index (Phi) is 3.33. The molecule has 116 valence electrons. The molecule has 23 heavy (non-hydrogen) atoms. The average Bonchev–Trinajstić information content (AvgIpc) is 3.22. The van der Waals surface area contributed by atoms with Gasteiger partial charge in [-0.05, 0) is 31.0 Å². The molecule has 1 amide bonds.